The van der Waals surface area contributed by atoms with Crippen LogP contribution < -0.4 is 5.32 Å². The van der Waals surface area contributed by atoms with Gasteiger partial charge in [-0.3, -0.25) is 4.79 Å². The Morgan fingerprint density at radius 1 is 1.21 bits per heavy atom. The number of rotatable bonds is 5. The van der Waals surface area contributed by atoms with Crippen molar-refractivity contribution >= 4 is 5.91 Å². The molecule has 1 N–H and O–H groups in total. The Bertz CT molecular complexity index is 317. The molecule has 4 saturated carbocycles. The SMILES string of the molecule is CCC(C)OCNC(=O)C12CC3CC(CC(C3)C1)C2. The Balaban J connectivity index is 1.57. The third-order valence-electron chi connectivity index (χ3n) is 5.70. The van der Waals surface area contributed by atoms with E-state index in [-0.39, 0.29) is 17.4 Å². The summed E-state index contributed by atoms with van der Waals surface area (Å²) in [7, 11) is 0. The number of amides is 1. The molecule has 0 aromatic heterocycles. The molecule has 19 heavy (non-hydrogen) atoms. The molecule has 0 aromatic carbocycles. The molecule has 0 radical (unpaired) electrons. The van der Waals surface area contributed by atoms with Crippen LogP contribution in [0, 0.1) is 23.2 Å². The minimum Gasteiger partial charge on any atom is -0.358 e. The number of ether oxygens (including phenoxy) is 1. The van der Waals surface area contributed by atoms with E-state index in [2.05, 4.69) is 19.2 Å². The molecule has 4 aliphatic carbocycles. The van der Waals surface area contributed by atoms with Crippen molar-refractivity contribution in [2.24, 2.45) is 23.2 Å². The van der Waals surface area contributed by atoms with Crippen molar-refractivity contribution in [3.63, 3.8) is 0 Å². The molecule has 0 aliphatic heterocycles. The second-order valence-electron chi connectivity index (χ2n) is 7.23. The fraction of sp³-hybridized carbons (Fsp3) is 0.938. The summed E-state index contributed by atoms with van der Waals surface area (Å²) in [6, 6.07) is 0. The highest BCUT2D eigenvalue weighted by Crippen LogP contribution is 2.60. The monoisotopic (exact) mass is 265 g/mol. The first-order valence-electron chi connectivity index (χ1n) is 8.01. The number of carbonyl (C=O) groups excluding carboxylic acids is 1. The first-order valence-corrected chi connectivity index (χ1v) is 8.01. The van der Waals surface area contributed by atoms with E-state index >= 15 is 0 Å². The van der Waals surface area contributed by atoms with Crippen molar-refractivity contribution in [1.29, 1.82) is 0 Å². The Labute approximate surface area is 116 Å². The van der Waals surface area contributed by atoms with Crippen LogP contribution in [0.2, 0.25) is 0 Å². The van der Waals surface area contributed by atoms with Crippen molar-refractivity contribution in [2.75, 3.05) is 6.73 Å². The summed E-state index contributed by atoms with van der Waals surface area (Å²) in [5.41, 5.74) is -0.0342. The number of hydrogen-bond acceptors (Lipinski definition) is 2. The lowest BCUT2D eigenvalue weighted by Crippen LogP contribution is -2.53. The lowest BCUT2D eigenvalue weighted by Gasteiger charge is -2.55. The van der Waals surface area contributed by atoms with E-state index in [0.717, 1.165) is 43.4 Å². The van der Waals surface area contributed by atoms with Crippen molar-refractivity contribution < 1.29 is 9.53 Å². The van der Waals surface area contributed by atoms with Crippen LogP contribution in [-0.2, 0) is 9.53 Å². The fourth-order valence-corrected chi connectivity index (χ4v) is 4.94. The normalized spacial score (nSPS) is 41.3. The third-order valence-corrected chi connectivity index (χ3v) is 5.70. The molecule has 1 amide bonds. The van der Waals surface area contributed by atoms with E-state index in [1.807, 2.05) is 0 Å². The summed E-state index contributed by atoms with van der Waals surface area (Å²) in [4.78, 5) is 12.6. The number of nitrogens with one attached hydrogen (secondary N) is 1. The minimum atomic E-state index is -0.0342. The Morgan fingerprint density at radius 3 is 2.21 bits per heavy atom. The smallest absolute Gasteiger partial charge is 0.228 e. The summed E-state index contributed by atoms with van der Waals surface area (Å²) in [5, 5.41) is 3.04. The Hall–Kier alpha value is -0.570. The number of carbonyl (C=O) groups is 1. The predicted octanol–water partition coefficient (Wildman–Crippen LogP) is 3.09. The maximum atomic E-state index is 12.6. The summed E-state index contributed by atoms with van der Waals surface area (Å²) >= 11 is 0. The highest BCUT2D eigenvalue weighted by molar-refractivity contribution is 5.83. The molecule has 0 saturated heterocycles. The van der Waals surface area contributed by atoms with Crippen LogP contribution in [0.1, 0.15) is 58.8 Å². The van der Waals surface area contributed by atoms with E-state index in [1.54, 1.807) is 0 Å². The van der Waals surface area contributed by atoms with E-state index in [4.69, 9.17) is 4.74 Å². The standard InChI is InChI=1S/C16H27NO2/c1-3-11(2)19-10-17-15(18)16-7-12-4-13(8-16)6-14(5-12)9-16/h11-14H,3-10H2,1-2H3,(H,17,18). The van der Waals surface area contributed by atoms with Gasteiger partial charge in [0.25, 0.3) is 0 Å². The van der Waals surface area contributed by atoms with Crippen LogP contribution >= 0.6 is 0 Å². The van der Waals surface area contributed by atoms with Crippen LogP contribution in [0.15, 0.2) is 0 Å². The van der Waals surface area contributed by atoms with E-state index in [9.17, 15) is 4.79 Å². The van der Waals surface area contributed by atoms with Crippen molar-refractivity contribution in [3.8, 4) is 0 Å². The first-order chi connectivity index (χ1) is 9.11. The van der Waals surface area contributed by atoms with Gasteiger partial charge >= 0.3 is 0 Å². The van der Waals surface area contributed by atoms with Gasteiger partial charge < -0.3 is 10.1 Å². The zero-order valence-corrected chi connectivity index (χ0v) is 12.3. The second kappa shape index (κ2) is 5.08. The molecule has 4 bridgehead atoms. The molecular formula is C16H27NO2. The molecule has 4 aliphatic rings. The van der Waals surface area contributed by atoms with Crippen molar-refractivity contribution in [2.45, 2.75) is 64.9 Å². The molecule has 3 nitrogen and oxygen atoms in total. The molecule has 4 rings (SSSR count). The average molecular weight is 265 g/mol. The zero-order valence-electron chi connectivity index (χ0n) is 12.3. The molecule has 4 fully saturated rings. The van der Waals surface area contributed by atoms with Gasteiger partial charge in [0.05, 0.1) is 11.5 Å². The average Bonchev–Trinajstić information content (AvgIpc) is 2.36. The molecule has 0 heterocycles. The van der Waals surface area contributed by atoms with Gasteiger partial charge in [0.1, 0.15) is 6.73 Å². The molecule has 0 spiro atoms. The number of hydrogen-bond donors (Lipinski definition) is 1. The largest absolute Gasteiger partial charge is 0.358 e. The predicted molar refractivity (Wildman–Crippen MR) is 74.5 cm³/mol. The van der Waals surface area contributed by atoms with Crippen LogP contribution in [0.4, 0.5) is 0 Å². The molecule has 3 heteroatoms. The lowest BCUT2D eigenvalue weighted by molar-refractivity contribution is -0.148. The lowest BCUT2D eigenvalue weighted by atomic mass is 9.49. The third kappa shape index (κ3) is 2.54. The topological polar surface area (TPSA) is 38.3 Å². The Kier molecular flexibility index (Phi) is 3.59. The molecular weight excluding hydrogens is 238 g/mol. The zero-order chi connectivity index (χ0) is 13.5. The van der Waals surface area contributed by atoms with Gasteiger partial charge in [0, 0.05) is 0 Å². The van der Waals surface area contributed by atoms with E-state index in [1.165, 1.54) is 19.3 Å². The van der Waals surface area contributed by atoms with Crippen molar-refractivity contribution in [1.82, 2.24) is 5.32 Å². The van der Waals surface area contributed by atoms with Gasteiger partial charge in [-0.1, -0.05) is 6.92 Å². The maximum absolute atomic E-state index is 12.6. The molecule has 1 unspecified atom stereocenters. The maximum Gasteiger partial charge on any atom is 0.228 e. The summed E-state index contributed by atoms with van der Waals surface area (Å²) in [6.45, 7) is 4.54. The summed E-state index contributed by atoms with van der Waals surface area (Å²) in [6.07, 6.45) is 8.78. The molecule has 0 aromatic rings. The van der Waals surface area contributed by atoms with Crippen LogP contribution in [0.25, 0.3) is 0 Å². The van der Waals surface area contributed by atoms with Crippen LogP contribution in [0.5, 0.6) is 0 Å². The highest BCUT2D eigenvalue weighted by atomic mass is 16.5. The fourth-order valence-electron chi connectivity index (χ4n) is 4.94. The van der Waals surface area contributed by atoms with Crippen LogP contribution in [-0.4, -0.2) is 18.7 Å². The van der Waals surface area contributed by atoms with Gasteiger partial charge in [0.15, 0.2) is 0 Å². The summed E-state index contributed by atoms with van der Waals surface area (Å²) in [5.74, 6) is 2.75. The van der Waals surface area contributed by atoms with Gasteiger partial charge in [-0.05, 0) is 69.6 Å². The van der Waals surface area contributed by atoms with Crippen molar-refractivity contribution in [3.05, 3.63) is 0 Å². The minimum absolute atomic E-state index is 0.0342. The van der Waals surface area contributed by atoms with E-state index < -0.39 is 0 Å². The molecule has 1 atom stereocenters. The first kappa shape index (κ1) is 13.4. The quantitative estimate of drug-likeness (QED) is 0.776. The van der Waals surface area contributed by atoms with Gasteiger partial charge in [-0.2, -0.15) is 0 Å². The van der Waals surface area contributed by atoms with Gasteiger partial charge in [-0.15, -0.1) is 0 Å². The summed E-state index contributed by atoms with van der Waals surface area (Å²) < 4.78 is 5.59. The Morgan fingerprint density at radius 2 is 1.74 bits per heavy atom. The highest BCUT2D eigenvalue weighted by Gasteiger charge is 2.54. The molecule has 108 valence electrons. The van der Waals surface area contributed by atoms with Crippen LogP contribution in [0.3, 0.4) is 0 Å². The second-order valence-corrected chi connectivity index (χ2v) is 7.23. The van der Waals surface area contributed by atoms with Gasteiger partial charge in [0.2, 0.25) is 5.91 Å². The van der Waals surface area contributed by atoms with E-state index in [0.29, 0.717) is 6.73 Å². The van der Waals surface area contributed by atoms with Gasteiger partial charge in [-0.25, -0.2) is 0 Å².